The van der Waals surface area contributed by atoms with Crippen molar-refractivity contribution >= 4 is 23.8 Å². The van der Waals surface area contributed by atoms with E-state index in [9.17, 15) is 24.3 Å². The summed E-state index contributed by atoms with van der Waals surface area (Å²) in [6.45, 7) is 4.73. The Morgan fingerprint density at radius 1 is 1.24 bits per heavy atom. The standard InChI is InChI=1S/C20H24N4O5/c1-12-9-22(6-7-23(12)20(28)29)10-13-2-3-15-14(8-13)11-24(19(15)27)16-4-5-17(25)21-18(16)26/h2-3,8,12,16H,4-7,9-11H2,1H3,(H,28,29)(H,21,25,26)/t12-,16?/m0/s1. The average molecular weight is 400 g/mol. The molecule has 1 aromatic carbocycles. The summed E-state index contributed by atoms with van der Waals surface area (Å²) in [5.74, 6) is -0.882. The molecule has 0 aliphatic carbocycles. The maximum absolute atomic E-state index is 12.8. The molecule has 0 bridgehead atoms. The number of rotatable bonds is 3. The summed E-state index contributed by atoms with van der Waals surface area (Å²) < 4.78 is 0. The number of carboxylic acid groups (broad SMARTS) is 1. The first-order valence-corrected chi connectivity index (χ1v) is 9.82. The van der Waals surface area contributed by atoms with Gasteiger partial charge in [-0.1, -0.05) is 12.1 Å². The molecule has 9 heteroatoms. The summed E-state index contributed by atoms with van der Waals surface area (Å²) in [5, 5.41) is 11.5. The number of amides is 4. The lowest BCUT2D eigenvalue weighted by Crippen LogP contribution is -2.53. The van der Waals surface area contributed by atoms with Gasteiger partial charge in [-0.2, -0.15) is 0 Å². The number of carbonyl (C=O) groups is 4. The molecule has 2 N–H and O–H groups in total. The highest BCUT2D eigenvalue weighted by atomic mass is 16.4. The van der Waals surface area contributed by atoms with Crippen molar-refractivity contribution in [2.75, 3.05) is 19.6 Å². The largest absolute Gasteiger partial charge is 0.465 e. The lowest BCUT2D eigenvalue weighted by Gasteiger charge is -2.38. The number of fused-ring (bicyclic) bond motifs is 1. The van der Waals surface area contributed by atoms with E-state index in [1.54, 1.807) is 11.0 Å². The molecule has 0 saturated carbocycles. The van der Waals surface area contributed by atoms with Crippen molar-refractivity contribution in [2.24, 2.45) is 0 Å². The molecular formula is C20H24N4O5. The van der Waals surface area contributed by atoms with Crippen LogP contribution in [0.15, 0.2) is 18.2 Å². The monoisotopic (exact) mass is 400 g/mol. The van der Waals surface area contributed by atoms with Crippen LogP contribution in [0.3, 0.4) is 0 Å². The van der Waals surface area contributed by atoms with E-state index in [4.69, 9.17) is 0 Å². The van der Waals surface area contributed by atoms with Crippen molar-refractivity contribution in [3.63, 3.8) is 0 Å². The first-order chi connectivity index (χ1) is 13.8. The van der Waals surface area contributed by atoms with Crippen LogP contribution in [0, 0.1) is 0 Å². The van der Waals surface area contributed by atoms with Gasteiger partial charge in [0.05, 0.1) is 0 Å². The summed E-state index contributed by atoms with van der Waals surface area (Å²) >= 11 is 0. The van der Waals surface area contributed by atoms with Crippen LogP contribution in [-0.4, -0.2) is 75.3 Å². The molecule has 0 spiro atoms. The molecule has 2 fully saturated rings. The highest BCUT2D eigenvalue weighted by Crippen LogP contribution is 2.28. The van der Waals surface area contributed by atoms with Gasteiger partial charge in [-0.3, -0.25) is 24.6 Å². The minimum absolute atomic E-state index is 0.0692. The van der Waals surface area contributed by atoms with Crippen LogP contribution in [0.1, 0.15) is 41.3 Å². The minimum Gasteiger partial charge on any atom is -0.465 e. The molecule has 29 heavy (non-hydrogen) atoms. The van der Waals surface area contributed by atoms with E-state index in [0.29, 0.717) is 44.7 Å². The summed E-state index contributed by atoms with van der Waals surface area (Å²) in [7, 11) is 0. The van der Waals surface area contributed by atoms with Crippen molar-refractivity contribution in [1.82, 2.24) is 20.0 Å². The first kappa shape index (κ1) is 19.4. The summed E-state index contributed by atoms with van der Waals surface area (Å²) in [6.07, 6.45) is -0.299. The Labute approximate surface area is 168 Å². The van der Waals surface area contributed by atoms with Gasteiger partial charge in [0.1, 0.15) is 6.04 Å². The van der Waals surface area contributed by atoms with E-state index in [1.807, 2.05) is 19.1 Å². The molecule has 2 atom stereocenters. The fourth-order valence-corrected chi connectivity index (χ4v) is 4.45. The third kappa shape index (κ3) is 3.69. The topological polar surface area (TPSA) is 110 Å². The van der Waals surface area contributed by atoms with E-state index < -0.39 is 18.0 Å². The summed E-state index contributed by atoms with van der Waals surface area (Å²) in [4.78, 5) is 52.7. The molecule has 1 unspecified atom stereocenters. The van der Waals surface area contributed by atoms with Crippen LogP contribution in [0.2, 0.25) is 0 Å². The molecule has 0 radical (unpaired) electrons. The number of piperazine rings is 1. The van der Waals surface area contributed by atoms with E-state index in [2.05, 4.69) is 10.2 Å². The number of carbonyl (C=O) groups excluding carboxylic acids is 3. The van der Waals surface area contributed by atoms with Crippen LogP contribution in [0.4, 0.5) is 4.79 Å². The smallest absolute Gasteiger partial charge is 0.407 e. The Balaban J connectivity index is 1.43. The van der Waals surface area contributed by atoms with Crippen molar-refractivity contribution in [2.45, 2.75) is 44.9 Å². The van der Waals surface area contributed by atoms with Crippen molar-refractivity contribution in [1.29, 1.82) is 0 Å². The Kier molecular flexibility index (Phi) is 4.99. The van der Waals surface area contributed by atoms with Gasteiger partial charge >= 0.3 is 6.09 Å². The zero-order chi connectivity index (χ0) is 20.7. The van der Waals surface area contributed by atoms with Gasteiger partial charge in [-0.05, 0) is 30.5 Å². The number of hydrogen-bond donors (Lipinski definition) is 2. The van der Waals surface area contributed by atoms with E-state index in [-0.39, 0.29) is 24.3 Å². The first-order valence-electron chi connectivity index (χ1n) is 9.82. The van der Waals surface area contributed by atoms with Crippen LogP contribution in [0.25, 0.3) is 0 Å². The van der Waals surface area contributed by atoms with Gasteiger partial charge < -0.3 is 14.9 Å². The van der Waals surface area contributed by atoms with E-state index in [0.717, 1.165) is 11.1 Å². The van der Waals surface area contributed by atoms with Crippen molar-refractivity contribution < 1.29 is 24.3 Å². The molecule has 4 rings (SSSR count). The van der Waals surface area contributed by atoms with E-state index >= 15 is 0 Å². The Morgan fingerprint density at radius 3 is 2.72 bits per heavy atom. The molecule has 9 nitrogen and oxygen atoms in total. The molecule has 4 amide bonds. The quantitative estimate of drug-likeness (QED) is 0.721. The number of piperidine rings is 1. The number of benzene rings is 1. The second kappa shape index (κ2) is 7.47. The summed E-state index contributed by atoms with van der Waals surface area (Å²) in [5.41, 5.74) is 2.54. The molecule has 3 aliphatic heterocycles. The van der Waals surface area contributed by atoms with Crippen LogP contribution < -0.4 is 5.32 Å². The third-order valence-corrected chi connectivity index (χ3v) is 5.95. The number of nitrogens with one attached hydrogen (secondary N) is 1. The zero-order valence-corrected chi connectivity index (χ0v) is 16.3. The second-order valence-corrected chi connectivity index (χ2v) is 7.95. The fraction of sp³-hybridized carbons (Fsp3) is 0.500. The highest BCUT2D eigenvalue weighted by Gasteiger charge is 2.39. The number of imide groups is 1. The molecule has 0 aromatic heterocycles. The highest BCUT2D eigenvalue weighted by molar-refractivity contribution is 6.05. The maximum Gasteiger partial charge on any atom is 0.407 e. The van der Waals surface area contributed by atoms with E-state index in [1.165, 1.54) is 4.90 Å². The van der Waals surface area contributed by atoms with Crippen LogP contribution in [0.5, 0.6) is 0 Å². The fourth-order valence-electron chi connectivity index (χ4n) is 4.45. The lowest BCUT2D eigenvalue weighted by atomic mass is 10.0. The molecule has 1 aromatic rings. The van der Waals surface area contributed by atoms with Gasteiger partial charge in [0, 0.05) is 50.7 Å². The normalized spacial score (nSPS) is 25.2. The van der Waals surface area contributed by atoms with Gasteiger partial charge in [-0.15, -0.1) is 0 Å². The van der Waals surface area contributed by atoms with Crippen LogP contribution in [-0.2, 0) is 22.7 Å². The molecule has 3 aliphatic rings. The SMILES string of the molecule is C[C@H]1CN(Cc2ccc3c(c2)CN(C2CCC(=O)NC2=O)C3=O)CCN1C(=O)O. The van der Waals surface area contributed by atoms with Gasteiger partial charge in [-0.25, -0.2) is 4.79 Å². The Morgan fingerprint density at radius 2 is 2.03 bits per heavy atom. The Hall–Kier alpha value is -2.94. The Bertz CT molecular complexity index is 886. The summed E-state index contributed by atoms with van der Waals surface area (Å²) in [6, 6.07) is 5.03. The van der Waals surface area contributed by atoms with Crippen molar-refractivity contribution in [3.05, 3.63) is 34.9 Å². The van der Waals surface area contributed by atoms with Gasteiger partial charge in [0.2, 0.25) is 11.8 Å². The van der Waals surface area contributed by atoms with Crippen molar-refractivity contribution in [3.8, 4) is 0 Å². The molecule has 2 saturated heterocycles. The molecule has 3 heterocycles. The van der Waals surface area contributed by atoms with Gasteiger partial charge in [0.15, 0.2) is 0 Å². The average Bonchev–Trinajstić information content (AvgIpc) is 2.97. The van der Waals surface area contributed by atoms with Crippen LogP contribution >= 0.6 is 0 Å². The molecule has 154 valence electrons. The second-order valence-electron chi connectivity index (χ2n) is 7.95. The zero-order valence-electron chi connectivity index (χ0n) is 16.3. The lowest BCUT2D eigenvalue weighted by molar-refractivity contribution is -0.136. The van der Waals surface area contributed by atoms with Gasteiger partial charge in [0.25, 0.3) is 5.91 Å². The molecular weight excluding hydrogens is 376 g/mol. The predicted molar refractivity (Wildman–Crippen MR) is 102 cm³/mol. The number of nitrogens with zero attached hydrogens (tertiary/aromatic N) is 3. The number of hydrogen-bond acceptors (Lipinski definition) is 5. The maximum atomic E-state index is 12.8. The predicted octanol–water partition coefficient (Wildman–Crippen LogP) is 0.632. The minimum atomic E-state index is -0.887. The third-order valence-electron chi connectivity index (χ3n) is 5.95.